The molecule has 0 radical (unpaired) electrons. The summed E-state index contributed by atoms with van der Waals surface area (Å²) < 4.78 is 11.1. The maximum absolute atomic E-state index is 12.2. The van der Waals surface area contributed by atoms with Crippen LogP contribution in [0.15, 0.2) is 54.6 Å². The summed E-state index contributed by atoms with van der Waals surface area (Å²) in [6.07, 6.45) is -0.595. The Bertz CT molecular complexity index is 584. The SMILES string of the molecule is CCOc1ccccc1NC(=O)[C@H](C)Oc1ccccc1. The van der Waals surface area contributed by atoms with Gasteiger partial charge in [0.25, 0.3) is 5.91 Å². The van der Waals surface area contributed by atoms with Crippen LogP contribution in [-0.4, -0.2) is 18.6 Å². The van der Waals surface area contributed by atoms with Crippen LogP contribution in [0, 0.1) is 0 Å². The number of rotatable bonds is 6. The number of hydrogen-bond acceptors (Lipinski definition) is 3. The zero-order chi connectivity index (χ0) is 15.1. The van der Waals surface area contributed by atoms with Gasteiger partial charge >= 0.3 is 0 Å². The first-order chi connectivity index (χ1) is 10.2. The number of anilines is 1. The molecule has 0 aliphatic rings. The lowest BCUT2D eigenvalue weighted by atomic mass is 10.2. The molecule has 0 saturated carbocycles. The summed E-state index contributed by atoms with van der Waals surface area (Å²) in [6.45, 7) is 4.16. The monoisotopic (exact) mass is 285 g/mol. The second-order valence-corrected chi connectivity index (χ2v) is 4.49. The van der Waals surface area contributed by atoms with Gasteiger partial charge in [0.15, 0.2) is 6.10 Å². The number of carbonyl (C=O) groups excluding carboxylic acids is 1. The van der Waals surface area contributed by atoms with Crippen LogP contribution in [0.4, 0.5) is 5.69 Å². The van der Waals surface area contributed by atoms with Gasteiger partial charge in [-0.3, -0.25) is 4.79 Å². The predicted octanol–water partition coefficient (Wildman–Crippen LogP) is 3.49. The zero-order valence-electron chi connectivity index (χ0n) is 12.2. The number of benzene rings is 2. The molecule has 0 heterocycles. The highest BCUT2D eigenvalue weighted by molar-refractivity contribution is 5.95. The van der Waals surface area contributed by atoms with Crippen molar-refractivity contribution in [2.45, 2.75) is 20.0 Å². The Labute approximate surface area is 124 Å². The van der Waals surface area contributed by atoms with Crippen LogP contribution in [0.25, 0.3) is 0 Å². The van der Waals surface area contributed by atoms with Gasteiger partial charge in [0.1, 0.15) is 11.5 Å². The lowest BCUT2D eigenvalue weighted by Gasteiger charge is -2.16. The molecule has 2 aromatic carbocycles. The predicted molar refractivity (Wildman–Crippen MR) is 82.8 cm³/mol. The van der Waals surface area contributed by atoms with E-state index in [9.17, 15) is 4.79 Å². The third-order valence-electron chi connectivity index (χ3n) is 2.87. The molecule has 0 bridgehead atoms. The zero-order valence-corrected chi connectivity index (χ0v) is 12.2. The van der Waals surface area contributed by atoms with E-state index in [1.54, 1.807) is 13.0 Å². The molecule has 21 heavy (non-hydrogen) atoms. The van der Waals surface area contributed by atoms with Gasteiger partial charge < -0.3 is 14.8 Å². The second kappa shape index (κ2) is 7.33. The van der Waals surface area contributed by atoms with Crippen molar-refractivity contribution >= 4 is 11.6 Å². The van der Waals surface area contributed by atoms with E-state index < -0.39 is 6.10 Å². The van der Waals surface area contributed by atoms with E-state index in [1.165, 1.54) is 0 Å². The summed E-state index contributed by atoms with van der Waals surface area (Å²) in [5.41, 5.74) is 0.646. The molecule has 1 N–H and O–H groups in total. The number of carbonyl (C=O) groups is 1. The van der Waals surface area contributed by atoms with E-state index in [0.717, 1.165) is 0 Å². The number of hydrogen-bond donors (Lipinski definition) is 1. The average molecular weight is 285 g/mol. The van der Waals surface area contributed by atoms with Gasteiger partial charge in [-0.2, -0.15) is 0 Å². The third-order valence-corrected chi connectivity index (χ3v) is 2.87. The fourth-order valence-corrected chi connectivity index (χ4v) is 1.84. The summed E-state index contributed by atoms with van der Waals surface area (Å²) in [5, 5.41) is 2.83. The van der Waals surface area contributed by atoms with Crippen molar-refractivity contribution in [3.63, 3.8) is 0 Å². The molecule has 4 heteroatoms. The lowest BCUT2D eigenvalue weighted by Crippen LogP contribution is -2.30. The molecule has 4 nitrogen and oxygen atoms in total. The Balaban J connectivity index is 2.01. The summed E-state index contributed by atoms with van der Waals surface area (Å²) in [7, 11) is 0. The Morgan fingerprint density at radius 3 is 2.48 bits per heavy atom. The van der Waals surface area contributed by atoms with Gasteiger partial charge in [-0.1, -0.05) is 30.3 Å². The Morgan fingerprint density at radius 1 is 1.10 bits per heavy atom. The minimum Gasteiger partial charge on any atom is -0.492 e. The third kappa shape index (κ3) is 4.24. The van der Waals surface area contributed by atoms with Crippen LogP contribution in [0.2, 0.25) is 0 Å². The van der Waals surface area contributed by atoms with Gasteiger partial charge in [-0.15, -0.1) is 0 Å². The highest BCUT2D eigenvalue weighted by atomic mass is 16.5. The van der Waals surface area contributed by atoms with E-state index in [1.807, 2.05) is 55.5 Å². The quantitative estimate of drug-likeness (QED) is 0.883. The summed E-state index contributed by atoms with van der Waals surface area (Å²) >= 11 is 0. The van der Waals surface area contributed by atoms with Crippen molar-refractivity contribution in [3.8, 4) is 11.5 Å². The number of ether oxygens (including phenoxy) is 2. The molecular weight excluding hydrogens is 266 g/mol. The first-order valence-electron chi connectivity index (χ1n) is 6.95. The fraction of sp³-hybridized carbons (Fsp3) is 0.235. The standard InChI is InChI=1S/C17H19NO3/c1-3-20-16-12-8-7-11-15(16)18-17(19)13(2)21-14-9-5-4-6-10-14/h4-13H,3H2,1-2H3,(H,18,19)/t13-/m0/s1. The molecule has 1 atom stereocenters. The average Bonchev–Trinajstić information content (AvgIpc) is 2.50. The van der Waals surface area contributed by atoms with Crippen LogP contribution in [-0.2, 0) is 4.79 Å². The molecular formula is C17H19NO3. The van der Waals surface area contributed by atoms with Crippen LogP contribution >= 0.6 is 0 Å². The molecule has 1 amide bonds. The smallest absolute Gasteiger partial charge is 0.265 e. The van der Waals surface area contributed by atoms with Crippen molar-refractivity contribution in [3.05, 3.63) is 54.6 Å². The van der Waals surface area contributed by atoms with E-state index in [-0.39, 0.29) is 5.91 Å². The molecule has 2 rings (SSSR count). The van der Waals surface area contributed by atoms with Gasteiger partial charge in [-0.05, 0) is 38.1 Å². The molecule has 0 saturated heterocycles. The Morgan fingerprint density at radius 2 is 1.76 bits per heavy atom. The van der Waals surface area contributed by atoms with E-state index in [4.69, 9.17) is 9.47 Å². The summed E-state index contributed by atoms with van der Waals surface area (Å²) in [4.78, 5) is 12.2. The Kier molecular flexibility index (Phi) is 5.21. The van der Waals surface area contributed by atoms with Crippen LogP contribution in [0.5, 0.6) is 11.5 Å². The normalized spacial score (nSPS) is 11.5. The molecule has 0 spiro atoms. The second-order valence-electron chi connectivity index (χ2n) is 4.49. The minimum absolute atomic E-state index is 0.217. The van der Waals surface area contributed by atoms with E-state index >= 15 is 0 Å². The van der Waals surface area contributed by atoms with Gasteiger partial charge in [0, 0.05) is 0 Å². The van der Waals surface area contributed by atoms with Crippen molar-refractivity contribution < 1.29 is 14.3 Å². The van der Waals surface area contributed by atoms with Crippen molar-refractivity contribution in [1.29, 1.82) is 0 Å². The first kappa shape index (κ1) is 14.9. The fourth-order valence-electron chi connectivity index (χ4n) is 1.84. The van der Waals surface area contributed by atoms with Crippen LogP contribution in [0.3, 0.4) is 0 Å². The first-order valence-corrected chi connectivity index (χ1v) is 6.95. The summed E-state index contributed by atoms with van der Waals surface area (Å²) in [5.74, 6) is 1.10. The number of amides is 1. The Hall–Kier alpha value is -2.49. The molecule has 2 aromatic rings. The highest BCUT2D eigenvalue weighted by Crippen LogP contribution is 2.24. The van der Waals surface area contributed by atoms with Gasteiger partial charge in [0.05, 0.1) is 12.3 Å². The van der Waals surface area contributed by atoms with Crippen molar-refractivity contribution in [1.82, 2.24) is 0 Å². The largest absolute Gasteiger partial charge is 0.492 e. The van der Waals surface area contributed by atoms with Gasteiger partial charge in [0.2, 0.25) is 0 Å². The maximum atomic E-state index is 12.2. The van der Waals surface area contributed by atoms with E-state index in [0.29, 0.717) is 23.8 Å². The minimum atomic E-state index is -0.595. The summed E-state index contributed by atoms with van der Waals surface area (Å²) in [6, 6.07) is 16.6. The number of nitrogens with one attached hydrogen (secondary N) is 1. The van der Waals surface area contributed by atoms with Crippen molar-refractivity contribution in [2.24, 2.45) is 0 Å². The topological polar surface area (TPSA) is 47.6 Å². The van der Waals surface area contributed by atoms with Gasteiger partial charge in [-0.25, -0.2) is 0 Å². The molecule has 0 fully saturated rings. The number of para-hydroxylation sites is 3. The highest BCUT2D eigenvalue weighted by Gasteiger charge is 2.16. The van der Waals surface area contributed by atoms with E-state index in [2.05, 4.69) is 5.32 Å². The lowest BCUT2D eigenvalue weighted by molar-refractivity contribution is -0.122. The molecule has 110 valence electrons. The van der Waals surface area contributed by atoms with Crippen molar-refractivity contribution in [2.75, 3.05) is 11.9 Å². The molecule has 0 unspecified atom stereocenters. The van der Waals surface area contributed by atoms with Crippen LogP contribution in [0.1, 0.15) is 13.8 Å². The molecule has 0 aliphatic carbocycles. The molecule has 0 aromatic heterocycles. The van der Waals surface area contributed by atoms with Crippen LogP contribution < -0.4 is 14.8 Å². The molecule has 0 aliphatic heterocycles. The maximum Gasteiger partial charge on any atom is 0.265 e.